The van der Waals surface area contributed by atoms with Crippen LogP contribution in [-0.2, 0) is 10.8 Å². The maximum atomic E-state index is 15.1. The maximum Gasteiger partial charge on any atom is 0.125 e. The first-order valence-corrected chi connectivity index (χ1v) is 47.1. The van der Waals surface area contributed by atoms with Gasteiger partial charge in [-0.1, -0.05) is 298 Å². The lowest BCUT2D eigenvalue weighted by molar-refractivity contribution is 0.627. The topological polar surface area (TPSA) is 33.7 Å². The van der Waals surface area contributed by atoms with Gasteiger partial charge in [0.15, 0.2) is 0 Å². The van der Waals surface area contributed by atoms with Crippen LogP contribution in [0.1, 0.15) is 49.9 Å². The van der Waals surface area contributed by atoms with Crippen LogP contribution < -0.4 is 19.6 Å². The highest BCUT2D eigenvalue weighted by Crippen LogP contribution is 2.62. The summed E-state index contributed by atoms with van der Waals surface area (Å²) in [6, 6.07) is 151. The van der Waals surface area contributed by atoms with Crippen LogP contribution in [0.15, 0.2) is 453 Å². The SMILES string of the molecule is Brc1ccccc1.CC1(C)c2cc(N(c3ccccc3)c3cccc(F)c3)ccc2-c2c1c1ccccc1c1c2c2ccccc2c2c3ccc(N(c4ccccc4)c4cccc(F)c4)cc3n(-c3ccccc3)c21.CC1(C)c2cc(N(c3ccccc3)c3cccc(F)c3)ccc2-c2c1c1ccccc1c1c3[nH]c4cc(N(c5ccccc5)c5cccc(F)c5)ccc4c3c3ccccc3c21. The number of benzene rings is 22. The average molecular weight is 1840 g/mol. The highest BCUT2D eigenvalue weighted by Gasteiger charge is 2.43. The van der Waals surface area contributed by atoms with Gasteiger partial charge in [0.25, 0.3) is 0 Å². The van der Waals surface area contributed by atoms with E-state index in [-0.39, 0.29) is 28.7 Å². The highest BCUT2D eigenvalue weighted by molar-refractivity contribution is 9.10. The first-order valence-electron chi connectivity index (χ1n) is 46.3. The summed E-state index contributed by atoms with van der Waals surface area (Å²) in [6.07, 6.45) is 0. The van der Waals surface area contributed by atoms with E-state index in [1.54, 1.807) is 48.5 Å². The van der Waals surface area contributed by atoms with Crippen molar-refractivity contribution in [3.05, 3.63) is 499 Å². The van der Waals surface area contributed by atoms with Crippen LogP contribution in [0, 0.1) is 23.3 Å². The van der Waals surface area contributed by atoms with Crippen LogP contribution in [0.5, 0.6) is 0 Å². The number of nitrogens with one attached hydrogen (secondary N) is 1. The van der Waals surface area contributed by atoms with Crippen molar-refractivity contribution >= 4 is 192 Å². The molecule has 1 N–H and O–H groups in total. The number of hydrogen-bond acceptors (Lipinski definition) is 4. The number of aromatic amines is 1. The maximum absolute atomic E-state index is 15.1. The van der Waals surface area contributed by atoms with Crippen LogP contribution in [0.2, 0.25) is 0 Å². The smallest absolute Gasteiger partial charge is 0.125 e. The molecule has 0 radical (unpaired) electrons. The molecular weight excluding hydrogens is 1750 g/mol. The molecule has 656 valence electrons. The van der Waals surface area contributed by atoms with E-state index in [1.807, 2.05) is 127 Å². The molecule has 0 saturated carbocycles. The lowest BCUT2D eigenvalue weighted by atomic mass is 9.78. The molecule has 0 fully saturated rings. The molecular formula is C126H87BrF4N6. The van der Waals surface area contributed by atoms with Crippen molar-refractivity contribution in [3.8, 4) is 27.9 Å². The fourth-order valence-corrected chi connectivity index (χ4v) is 22.5. The molecule has 2 aliphatic carbocycles. The summed E-state index contributed by atoms with van der Waals surface area (Å²) < 4.78 is 63.3. The number of H-pyrrole nitrogens is 1. The first-order chi connectivity index (χ1) is 67.1. The normalized spacial score (nSPS) is 12.7. The van der Waals surface area contributed by atoms with Crippen molar-refractivity contribution < 1.29 is 17.6 Å². The van der Waals surface area contributed by atoms with Crippen LogP contribution in [-0.4, -0.2) is 9.55 Å². The van der Waals surface area contributed by atoms with Gasteiger partial charge in [-0.2, -0.15) is 0 Å². The molecule has 11 heteroatoms. The zero-order valence-electron chi connectivity index (χ0n) is 75.3. The molecule has 22 aromatic carbocycles. The van der Waals surface area contributed by atoms with E-state index in [2.05, 4.69) is 321 Å². The van der Waals surface area contributed by atoms with Crippen LogP contribution in [0.25, 0.3) is 136 Å². The molecule has 0 saturated heterocycles. The Kier molecular flexibility index (Phi) is 20.4. The van der Waals surface area contributed by atoms with Crippen molar-refractivity contribution in [1.29, 1.82) is 0 Å². The van der Waals surface area contributed by atoms with E-state index in [0.717, 1.165) is 111 Å². The van der Waals surface area contributed by atoms with E-state index in [9.17, 15) is 13.2 Å². The van der Waals surface area contributed by atoms with Gasteiger partial charge >= 0.3 is 0 Å². The van der Waals surface area contributed by atoms with Crippen LogP contribution in [0.4, 0.5) is 85.8 Å². The largest absolute Gasteiger partial charge is 0.354 e. The number of hydrogen-bond donors (Lipinski definition) is 1. The summed E-state index contributed by atoms with van der Waals surface area (Å²) >= 11 is 3.31. The van der Waals surface area contributed by atoms with Gasteiger partial charge in [-0.05, 0) is 282 Å². The van der Waals surface area contributed by atoms with Gasteiger partial charge in [-0.3, -0.25) is 0 Å². The highest BCUT2D eigenvalue weighted by atomic mass is 79.9. The lowest BCUT2D eigenvalue weighted by Crippen LogP contribution is -2.17. The zero-order chi connectivity index (χ0) is 92.5. The van der Waals surface area contributed by atoms with E-state index in [0.29, 0.717) is 0 Å². The molecule has 0 bridgehead atoms. The summed E-state index contributed by atoms with van der Waals surface area (Å²) in [5.74, 6) is -1.13. The van der Waals surface area contributed by atoms with Gasteiger partial charge in [0.05, 0.1) is 16.6 Å². The van der Waals surface area contributed by atoms with Gasteiger partial charge in [0.2, 0.25) is 0 Å². The average Bonchev–Trinajstić information content (AvgIpc) is 1.53. The molecule has 0 aliphatic heterocycles. The minimum absolute atomic E-state index is 0.276. The molecule has 2 aliphatic rings. The van der Waals surface area contributed by atoms with E-state index < -0.39 is 5.41 Å². The van der Waals surface area contributed by atoms with Crippen molar-refractivity contribution in [2.24, 2.45) is 0 Å². The number of nitrogens with zero attached hydrogens (tertiary/aromatic N) is 5. The van der Waals surface area contributed by atoms with Crippen molar-refractivity contribution in [2.75, 3.05) is 19.6 Å². The van der Waals surface area contributed by atoms with E-state index >= 15 is 4.39 Å². The predicted octanol–water partition coefficient (Wildman–Crippen LogP) is 36.5. The Morgan fingerprint density at radius 1 is 0.241 bits per heavy atom. The van der Waals surface area contributed by atoms with Gasteiger partial charge < -0.3 is 29.2 Å². The Hall–Kier alpha value is -16.6. The third kappa shape index (κ3) is 14.0. The quantitative estimate of drug-likeness (QED) is 0.0921. The molecule has 0 spiro atoms. The monoisotopic (exact) mass is 1840 g/mol. The molecule has 137 heavy (non-hydrogen) atoms. The Balaban J connectivity index is 0.000000140. The Morgan fingerprint density at radius 2 is 0.540 bits per heavy atom. The van der Waals surface area contributed by atoms with Crippen LogP contribution in [0.3, 0.4) is 0 Å². The standard InChI is InChI=1S/C63H43F2N3.C57H39F2N3.C6H5Br/c1-63(2)55-38-47(66(42-20-6-3-7-21-42)45-26-16-18-40(64)36-45)32-34-53(55)59-58-50-29-13-12-28-49(50)57-54-35-33-48(67(43-22-8-4-9-23-43)46-27-17-19-41(65)37-46)39-56(54)68(44-24-10-5-11-25-44)62(57)60(58)51-30-14-15-31-52(51)61(59)63;1-57(2)49-33-41(61(37-17-5-3-6-18-37)39-21-13-15-35(58)31-39)27-29-47(49)53-52-44-24-10-9-23-43(44)51-48-30-28-42(62(38-19-7-4-8-20-38)40-22-14-16-36(59)32-40)34-50(48)60-56(51)54(52)45-25-11-12-26-46(45)55(53)57;7-6-4-2-1-3-5-6/h3-39H,1-2H3;3-34,60H,1-2H3;1-5H. The van der Waals surface area contributed by atoms with Gasteiger partial charge in [-0.25, -0.2) is 17.6 Å². The van der Waals surface area contributed by atoms with Crippen LogP contribution >= 0.6 is 15.9 Å². The molecule has 24 aromatic rings. The second-order valence-electron chi connectivity index (χ2n) is 36.5. The van der Waals surface area contributed by atoms with Crippen molar-refractivity contribution in [2.45, 2.75) is 38.5 Å². The molecule has 2 heterocycles. The molecule has 0 amide bonds. The molecule has 6 nitrogen and oxygen atoms in total. The summed E-state index contributed by atoms with van der Waals surface area (Å²) in [7, 11) is 0. The second-order valence-corrected chi connectivity index (χ2v) is 37.4. The number of para-hydroxylation sites is 5. The number of rotatable bonds is 13. The molecule has 0 unspecified atom stereocenters. The minimum atomic E-state index is -0.409. The summed E-state index contributed by atoms with van der Waals surface area (Å²) in [5.41, 5.74) is 25.1. The van der Waals surface area contributed by atoms with E-state index in [4.69, 9.17) is 0 Å². The fraction of sp³-hybridized carbons (Fsp3) is 0.0476. The summed E-state index contributed by atoms with van der Waals surface area (Å²) in [5, 5.41) is 19.0. The van der Waals surface area contributed by atoms with Gasteiger partial charge in [0.1, 0.15) is 23.3 Å². The number of anilines is 12. The number of aromatic nitrogens is 2. The Labute approximate surface area is 798 Å². The predicted molar refractivity (Wildman–Crippen MR) is 569 cm³/mol. The Morgan fingerprint density at radius 3 is 0.927 bits per heavy atom. The van der Waals surface area contributed by atoms with E-state index in [1.165, 1.54) is 144 Å². The van der Waals surface area contributed by atoms with Gasteiger partial charge in [0, 0.05) is 138 Å². The van der Waals surface area contributed by atoms with Gasteiger partial charge in [-0.15, -0.1) is 0 Å². The van der Waals surface area contributed by atoms with Crippen molar-refractivity contribution in [1.82, 2.24) is 9.55 Å². The summed E-state index contributed by atoms with van der Waals surface area (Å²) in [4.78, 5) is 12.5. The third-order valence-corrected chi connectivity index (χ3v) is 28.4. The summed E-state index contributed by atoms with van der Waals surface area (Å²) in [6.45, 7) is 9.40. The molecule has 2 aromatic heterocycles. The lowest BCUT2D eigenvalue weighted by Gasteiger charge is -2.28. The third-order valence-electron chi connectivity index (χ3n) is 27.8. The fourth-order valence-electron chi connectivity index (χ4n) is 22.2. The molecule has 0 atom stereocenters. The Bertz CT molecular complexity index is 8930. The minimum Gasteiger partial charge on any atom is -0.354 e. The molecule has 26 rings (SSSR count). The zero-order valence-corrected chi connectivity index (χ0v) is 76.9. The van der Waals surface area contributed by atoms with Crippen molar-refractivity contribution in [3.63, 3.8) is 0 Å². The first kappa shape index (κ1) is 83.5. The second kappa shape index (κ2) is 33.5. The number of fused-ring (bicyclic) bond motifs is 30. The number of halogens is 5.